The summed E-state index contributed by atoms with van der Waals surface area (Å²) in [5.74, 6) is -1.14. The van der Waals surface area contributed by atoms with Gasteiger partial charge in [0.1, 0.15) is 10.4 Å². The van der Waals surface area contributed by atoms with Gasteiger partial charge in [0.25, 0.3) is 5.91 Å². The monoisotopic (exact) mass is 413 g/mol. The minimum atomic E-state index is -0.685. The molecule has 2 heterocycles. The lowest BCUT2D eigenvalue weighted by Gasteiger charge is -2.18. The number of thiazole rings is 1. The number of amides is 1. The number of halogens is 1. The van der Waals surface area contributed by atoms with E-state index < -0.39 is 16.7 Å². The van der Waals surface area contributed by atoms with Gasteiger partial charge in [0.15, 0.2) is 10.9 Å². The number of benzene rings is 2. The van der Waals surface area contributed by atoms with Gasteiger partial charge in [0.2, 0.25) is 0 Å². The van der Waals surface area contributed by atoms with Gasteiger partial charge < -0.3 is 4.42 Å². The number of rotatable bonds is 5. The Morgan fingerprint density at radius 1 is 1.14 bits per heavy atom. The van der Waals surface area contributed by atoms with E-state index in [9.17, 15) is 14.9 Å². The van der Waals surface area contributed by atoms with Crippen LogP contribution in [0.3, 0.4) is 0 Å². The van der Waals surface area contributed by atoms with Crippen LogP contribution < -0.4 is 4.90 Å². The molecule has 0 fully saturated rings. The smallest absolute Gasteiger partial charge is 0.395 e. The predicted molar refractivity (Wildman–Crippen MR) is 107 cm³/mol. The minimum absolute atomic E-state index is 0.131. The second-order valence-electron chi connectivity index (χ2n) is 5.85. The molecule has 4 aromatic rings. The lowest BCUT2D eigenvalue weighted by atomic mass is 10.2. The Morgan fingerprint density at radius 3 is 2.61 bits per heavy atom. The van der Waals surface area contributed by atoms with Gasteiger partial charge in [-0.25, -0.2) is 4.98 Å². The summed E-state index contributed by atoms with van der Waals surface area (Å²) >= 11 is 7.53. The average Bonchev–Trinajstić information content (AvgIpc) is 3.34. The van der Waals surface area contributed by atoms with E-state index in [4.69, 9.17) is 16.0 Å². The third-order valence-electron chi connectivity index (χ3n) is 4.00. The maximum Gasteiger partial charge on any atom is 0.433 e. The second kappa shape index (κ2) is 7.41. The molecule has 0 unspecified atom stereocenters. The van der Waals surface area contributed by atoms with Crippen molar-refractivity contribution in [2.75, 3.05) is 4.90 Å². The molecule has 140 valence electrons. The third-order valence-corrected chi connectivity index (χ3v) is 5.35. The summed E-state index contributed by atoms with van der Waals surface area (Å²) in [5.41, 5.74) is 1.47. The molecule has 2 aromatic carbocycles. The highest BCUT2D eigenvalue weighted by atomic mass is 35.5. The molecule has 0 N–H and O–H groups in total. The number of aromatic nitrogens is 1. The Hall–Kier alpha value is -3.23. The van der Waals surface area contributed by atoms with Gasteiger partial charge in [0.05, 0.1) is 22.3 Å². The van der Waals surface area contributed by atoms with E-state index in [1.54, 1.807) is 6.07 Å². The first-order valence-corrected chi connectivity index (χ1v) is 9.37. The number of nitrogens with zero attached hydrogens (tertiary/aromatic N) is 3. The zero-order valence-corrected chi connectivity index (χ0v) is 15.8. The van der Waals surface area contributed by atoms with E-state index in [1.165, 1.54) is 22.3 Å². The van der Waals surface area contributed by atoms with Crippen LogP contribution in [0.1, 0.15) is 16.1 Å². The molecule has 0 saturated heterocycles. The molecule has 9 heteroatoms. The normalized spacial score (nSPS) is 10.9. The lowest BCUT2D eigenvalue weighted by Crippen LogP contribution is -2.30. The Balaban J connectivity index is 1.77. The highest BCUT2D eigenvalue weighted by molar-refractivity contribution is 7.22. The van der Waals surface area contributed by atoms with Gasteiger partial charge >= 0.3 is 5.88 Å². The van der Waals surface area contributed by atoms with Crippen LogP contribution in [0.5, 0.6) is 0 Å². The van der Waals surface area contributed by atoms with Crippen LogP contribution in [0.15, 0.2) is 65.1 Å². The zero-order chi connectivity index (χ0) is 19.7. The van der Waals surface area contributed by atoms with Crippen molar-refractivity contribution >= 4 is 50.1 Å². The second-order valence-corrected chi connectivity index (χ2v) is 7.27. The van der Waals surface area contributed by atoms with Crippen molar-refractivity contribution in [2.45, 2.75) is 6.54 Å². The van der Waals surface area contributed by atoms with Gasteiger partial charge in [-0.15, -0.1) is 0 Å². The van der Waals surface area contributed by atoms with Gasteiger partial charge in [-0.05, 0) is 23.8 Å². The van der Waals surface area contributed by atoms with Crippen molar-refractivity contribution < 1.29 is 14.1 Å². The van der Waals surface area contributed by atoms with Crippen molar-refractivity contribution in [1.82, 2.24) is 4.98 Å². The fourth-order valence-corrected chi connectivity index (χ4v) is 3.95. The van der Waals surface area contributed by atoms with Crippen LogP contribution in [0.25, 0.3) is 10.2 Å². The summed E-state index contributed by atoms with van der Waals surface area (Å²) in [5, 5.41) is 11.8. The molecule has 0 aliphatic carbocycles. The van der Waals surface area contributed by atoms with E-state index in [0.717, 1.165) is 16.3 Å². The number of furan rings is 1. The summed E-state index contributed by atoms with van der Waals surface area (Å²) in [6, 6.07) is 17.2. The first kappa shape index (κ1) is 18.1. The standard InChI is InChI=1S/C19H12ClN3O4S/c20-13-7-4-8-15-17(13)21-19(28-15)22(11-12-5-2-1-3-6-12)18(24)14-9-10-16(27-14)23(25)26/h1-10H,11H2. The van der Waals surface area contributed by atoms with Gasteiger partial charge in [-0.3, -0.25) is 19.8 Å². The fourth-order valence-electron chi connectivity index (χ4n) is 2.68. The van der Waals surface area contributed by atoms with E-state index in [1.807, 2.05) is 42.5 Å². The Bertz CT molecular complexity index is 1170. The molecule has 0 atom stereocenters. The van der Waals surface area contributed by atoms with Crippen LogP contribution in [0, 0.1) is 10.1 Å². The molecule has 0 saturated carbocycles. The first-order chi connectivity index (χ1) is 13.5. The summed E-state index contributed by atoms with van der Waals surface area (Å²) < 4.78 is 5.94. The molecular weight excluding hydrogens is 402 g/mol. The van der Waals surface area contributed by atoms with Crippen molar-refractivity contribution in [3.63, 3.8) is 0 Å². The molecule has 0 bridgehead atoms. The largest absolute Gasteiger partial charge is 0.433 e. The Morgan fingerprint density at radius 2 is 1.93 bits per heavy atom. The van der Waals surface area contributed by atoms with Crippen LogP contribution >= 0.6 is 22.9 Å². The Labute approximate surface area is 167 Å². The van der Waals surface area contributed by atoms with E-state index in [-0.39, 0.29) is 12.3 Å². The number of para-hydroxylation sites is 1. The molecule has 7 nitrogen and oxygen atoms in total. The highest BCUT2D eigenvalue weighted by Crippen LogP contribution is 2.34. The topological polar surface area (TPSA) is 89.5 Å². The SMILES string of the molecule is O=C(c1ccc([N+](=O)[O-])o1)N(Cc1ccccc1)c1nc2c(Cl)cccc2s1. The number of hydrogen-bond acceptors (Lipinski definition) is 6. The minimum Gasteiger partial charge on any atom is -0.395 e. The molecule has 2 aromatic heterocycles. The number of hydrogen-bond donors (Lipinski definition) is 0. The van der Waals surface area contributed by atoms with Crippen molar-refractivity contribution in [3.05, 3.63) is 87.1 Å². The molecule has 4 rings (SSSR count). The predicted octanol–water partition coefficient (Wildman–Crippen LogP) is 5.30. The van der Waals surface area contributed by atoms with Gasteiger partial charge in [0, 0.05) is 0 Å². The van der Waals surface area contributed by atoms with E-state index in [0.29, 0.717) is 15.7 Å². The Kier molecular flexibility index (Phi) is 4.81. The number of fused-ring (bicyclic) bond motifs is 1. The van der Waals surface area contributed by atoms with Crippen LogP contribution in [0.2, 0.25) is 5.02 Å². The number of carbonyl (C=O) groups excluding carboxylic acids is 1. The fraction of sp³-hybridized carbons (Fsp3) is 0.0526. The number of nitro groups is 1. The molecule has 0 aliphatic heterocycles. The van der Waals surface area contributed by atoms with Gasteiger partial charge in [-0.1, -0.05) is 59.3 Å². The quantitative estimate of drug-likeness (QED) is 0.327. The zero-order valence-electron chi connectivity index (χ0n) is 14.2. The third kappa shape index (κ3) is 3.47. The molecule has 0 aliphatic rings. The van der Waals surface area contributed by atoms with E-state index in [2.05, 4.69) is 4.98 Å². The summed E-state index contributed by atoms with van der Waals surface area (Å²) in [6.45, 7) is 0.228. The molecule has 28 heavy (non-hydrogen) atoms. The van der Waals surface area contributed by atoms with Crippen molar-refractivity contribution in [2.24, 2.45) is 0 Å². The molecule has 0 spiro atoms. The van der Waals surface area contributed by atoms with Gasteiger partial charge in [-0.2, -0.15) is 0 Å². The maximum absolute atomic E-state index is 13.1. The maximum atomic E-state index is 13.1. The molecular formula is C19H12ClN3O4S. The van der Waals surface area contributed by atoms with Crippen LogP contribution in [-0.2, 0) is 6.54 Å². The average molecular weight is 414 g/mol. The van der Waals surface area contributed by atoms with E-state index >= 15 is 0 Å². The molecule has 1 amide bonds. The first-order valence-electron chi connectivity index (χ1n) is 8.18. The highest BCUT2D eigenvalue weighted by Gasteiger charge is 2.26. The van der Waals surface area contributed by atoms with Crippen molar-refractivity contribution in [1.29, 1.82) is 0 Å². The number of carbonyl (C=O) groups is 1. The summed E-state index contributed by atoms with van der Waals surface area (Å²) in [7, 11) is 0. The van der Waals surface area contributed by atoms with Crippen LogP contribution in [-0.4, -0.2) is 15.8 Å². The van der Waals surface area contributed by atoms with Crippen molar-refractivity contribution in [3.8, 4) is 0 Å². The van der Waals surface area contributed by atoms with Crippen LogP contribution in [0.4, 0.5) is 11.0 Å². The summed E-state index contributed by atoms with van der Waals surface area (Å²) in [4.78, 5) is 29.2. The lowest BCUT2D eigenvalue weighted by molar-refractivity contribution is -0.402. The summed E-state index contributed by atoms with van der Waals surface area (Å²) in [6.07, 6.45) is 0. The molecule has 0 radical (unpaired) electrons. The number of anilines is 1.